The maximum Gasteiger partial charge on any atom is 0.221 e. The second kappa shape index (κ2) is 8.43. The number of benzene rings is 1. The van der Waals surface area contributed by atoms with Gasteiger partial charge in [0.25, 0.3) is 0 Å². The minimum absolute atomic E-state index is 0.0229. The molecule has 0 aliphatic carbocycles. The van der Waals surface area contributed by atoms with Crippen LogP contribution in [0, 0.1) is 0 Å². The van der Waals surface area contributed by atoms with Crippen molar-refractivity contribution in [2.75, 3.05) is 5.75 Å². The quantitative estimate of drug-likeness (QED) is 0.661. The molecule has 3 aromatic rings. The number of thioether (sulfide) groups is 1. The fraction of sp³-hybridized carbons (Fsp3) is 0.222. The number of pyridine rings is 1. The number of hydrogen-bond donors (Lipinski definition) is 1. The Morgan fingerprint density at radius 1 is 1.12 bits per heavy atom. The summed E-state index contributed by atoms with van der Waals surface area (Å²) in [7, 11) is 1.94. The topological polar surface area (TPSA) is 72.7 Å². The molecule has 1 amide bonds. The molecule has 25 heavy (non-hydrogen) atoms. The molecule has 7 heteroatoms. The first-order valence-corrected chi connectivity index (χ1v) is 8.96. The summed E-state index contributed by atoms with van der Waals surface area (Å²) in [5.74, 6) is 1.50. The third-order valence-corrected chi connectivity index (χ3v) is 4.69. The maximum atomic E-state index is 11.9. The number of carbonyl (C=O) groups is 1. The second-order valence-corrected chi connectivity index (χ2v) is 6.52. The number of hydrogen-bond acceptors (Lipinski definition) is 5. The SMILES string of the molecule is Cn1c(SCCC(=O)NCc2ccncc2)nnc1-c1ccccc1. The van der Waals surface area contributed by atoms with Crippen LogP contribution in [0.25, 0.3) is 11.4 Å². The van der Waals surface area contributed by atoms with Gasteiger partial charge in [0.2, 0.25) is 5.91 Å². The van der Waals surface area contributed by atoms with E-state index in [1.807, 2.05) is 54.1 Å². The van der Waals surface area contributed by atoms with Crippen LogP contribution >= 0.6 is 11.8 Å². The van der Waals surface area contributed by atoms with Crippen molar-refractivity contribution < 1.29 is 4.79 Å². The van der Waals surface area contributed by atoms with Crippen LogP contribution in [0.15, 0.2) is 60.0 Å². The summed E-state index contributed by atoms with van der Waals surface area (Å²) < 4.78 is 1.95. The zero-order chi connectivity index (χ0) is 17.5. The van der Waals surface area contributed by atoms with Crippen LogP contribution in [0.1, 0.15) is 12.0 Å². The summed E-state index contributed by atoms with van der Waals surface area (Å²) in [5, 5.41) is 12.2. The molecule has 1 N–H and O–H groups in total. The van der Waals surface area contributed by atoms with Crippen LogP contribution < -0.4 is 5.32 Å². The van der Waals surface area contributed by atoms with Crippen LogP contribution in [-0.4, -0.2) is 31.4 Å². The van der Waals surface area contributed by atoms with Gasteiger partial charge in [-0.1, -0.05) is 42.1 Å². The fourth-order valence-electron chi connectivity index (χ4n) is 2.30. The summed E-state index contributed by atoms with van der Waals surface area (Å²) in [6.07, 6.45) is 3.87. The van der Waals surface area contributed by atoms with E-state index in [4.69, 9.17) is 0 Å². The van der Waals surface area contributed by atoms with Crippen molar-refractivity contribution in [2.45, 2.75) is 18.1 Å². The van der Waals surface area contributed by atoms with Crippen LogP contribution in [0.2, 0.25) is 0 Å². The Hall–Kier alpha value is -2.67. The van der Waals surface area contributed by atoms with Crippen molar-refractivity contribution in [2.24, 2.45) is 7.05 Å². The number of aromatic nitrogens is 4. The van der Waals surface area contributed by atoms with Crippen molar-refractivity contribution in [1.29, 1.82) is 0 Å². The van der Waals surface area contributed by atoms with E-state index >= 15 is 0 Å². The average Bonchev–Trinajstić information content (AvgIpc) is 3.02. The van der Waals surface area contributed by atoms with E-state index in [2.05, 4.69) is 20.5 Å². The molecule has 128 valence electrons. The number of nitrogens with one attached hydrogen (secondary N) is 1. The van der Waals surface area contributed by atoms with E-state index in [1.54, 1.807) is 12.4 Å². The monoisotopic (exact) mass is 353 g/mol. The molecule has 0 spiro atoms. The highest BCUT2D eigenvalue weighted by molar-refractivity contribution is 7.99. The highest BCUT2D eigenvalue weighted by Gasteiger charge is 2.11. The number of amides is 1. The maximum absolute atomic E-state index is 11.9. The van der Waals surface area contributed by atoms with Gasteiger partial charge in [0.15, 0.2) is 11.0 Å². The molecule has 3 rings (SSSR count). The third-order valence-electron chi connectivity index (χ3n) is 3.67. The lowest BCUT2D eigenvalue weighted by Crippen LogP contribution is -2.23. The minimum Gasteiger partial charge on any atom is -0.352 e. The van der Waals surface area contributed by atoms with Gasteiger partial charge in [-0.15, -0.1) is 10.2 Å². The average molecular weight is 353 g/mol. The van der Waals surface area contributed by atoms with E-state index in [0.29, 0.717) is 18.7 Å². The standard InChI is InChI=1S/C18H19N5OS/c1-23-17(15-5-3-2-4-6-15)21-22-18(23)25-12-9-16(24)20-13-14-7-10-19-11-8-14/h2-8,10-11H,9,12-13H2,1H3,(H,20,24). The predicted molar refractivity (Wildman–Crippen MR) is 97.9 cm³/mol. The second-order valence-electron chi connectivity index (χ2n) is 5.46. The Kier molecular flexibility index (Phi) is 5.79. The largest absolute Gasteiger partial charge is 0.352 e. The first-order chi connectivity index (χ1) is 12.2. The summed E-state index contributed by atoms with van der Waals surface area (Å²) in [5.41, 5.74) is 2.07. The molecule has 0 aliphatic rings. The Labute approximate surface area is 150 Å². The van der Waals surface area contributed by atoms with Gasteiger partial charge in [-0.25, -0.2) is 0 Å². The van der Waals surface area contributed by atoms with Gasteiger partial charge in [0, 0.05) is 43.7 Å². The van der Waals surface area contributed by atoms with Crippen molar-refractivity contribution in [3.05, 3.63) is 60.4 Å². The van der Waals surface area contributed by atoms with E-state index in [9.17, 15) is 4.79 Å². The molecule has 6 nitrogen and oxygen atoms in total. The number of carbonyl (C=O) groups excluding carboxylic acids is 1. The molecular formula is C18H19N5OS. The summed E-state index contributed by atoms with van der Waals surface area (Å²) in [6.45, 7) is 0.522. The summed E-state index contributed by atoms with van der Waals surface area (Å²) >= 11 is 1.53. The molecule has 1 aromatic carbocycles. The van der Waals surface area contributed by atoms with Crippen molar-refractivity contribution in [3.63, 3.8) is 0 Å². The molecule has 0 fully saturated rings. The predicted octanol–water partition coefficient (Wildman–Crippen LogP) is 2.68. The number of nitrogens with zero attached hydrogens (tertiary/aromatic N) is 4. The van der Waals surface area contributed by atoms with Crippen LogP contribution in [0.4, 0.5) is 0 Å². The molecule has 2 aromatic heterocycles. The molecule has 0 saturated carbocycles. The zero-order valence-electron chi connectivity index (χ0n) is 13.9. The number of rotatable bonds is 7. The van der Waals surface area contributed by atoms with Gasteiger partial charge >= 0.3 is 0 Å². The Morgan fingerprint density at radius 3 is 2.64 bits per heavy atom. The first kappa shape index (κ1) is 17.2. The molecule has 0 unspecified atom stereocenters. The summed E-state index contributed by atoms with van der Waals surface area (Å²) in [6, 6.07) is 13.7. The first-order valence-electron chi connectivity index (χ1n) is 7.97. The Morgan fingerprint density at radius 2 is 1.88 bits per heavy atom. The van der Waals surface area contributed by atoms with Gasteiger partial charge in [-0.05, 0) is 17.7 Å². The smallest absolute Gasteiger partial charge is 0.221 e. The van der Waals surface area contributed by atoms with Crippen LogP contribution in [-0.2, 0) is 18.4 Å². The Balaban J connectivity index is 1.48. The van der Waals surface area contributed by atoms with Crippen LogP contribution in [0.5, 0.6) is 0 Å². The third kappa shape index (κ3) is 4.67. The Bertz CT molecular complexity index is 820. The van der Waals surface area contributed by atoms with E-state index in [-0.39, 0.29) is 5.91 Å². The molecule has 0 aliphatic heterocycles. The van der Waals surface area contributed by atoms with Crippen LogP contribution in [0.3, 0.4) is 0 Å². The lowest BCUT2D eigenvalue weighted by atomic mass is 10.2. The van der Waals surface area contributed by atoms with Gasteiger partial charge in [0.05, 0.1) is 0 Å². The highest BCUT2D eigenvalue weighted by atomic mass is 32.2. The van der Waals surface area contributed by atoms with E-state index in [0.717, 1.165) is 22.1 Å². The molecule has 0 saturated heterocycles. The van der Waals surface area contributed by atoms with Crippen molar-refractivity contribution in [3.8, 4) is 11.4 Å². The normalized spacial score (nSPS) is 10.6. The van der Waals surface area contributed by atoms with Gasteiger partial charge in [0.1, 0.15) is 0 Å². The lowest BCUT2D eigenvalue weighted by Gasteiger charge is -2.05. The highest BCUT2D eigenvalue weighted by Crippen LogP contribution is 2.22. The molecule has 2 heterocycles. The summed E-state index contributed by atoms with van der Waals surface area (Å²) in [4.78, 5) is 15.9. The van der Waals surface area contributed by atoms with Gasteiger partial charge < -0.3 is 9.88 Å². The molecule has 0 bridgehead atoms. The lowest BCUT2D eigenvalue weighted by molar-refractivity contribution is -0.120. The molecular weight excluding hydrogens is 334 g/mol. The van der Waals surface area contributed by atoms with Gasteiger partial charge in [-0.2, -0.15) is 0 Å². The van der Waals surface area contributed by atoms with E-state index in [1.165, 1.54) is 11.8 Å². The van der Waals surface area contributed by atoms with Crippen molar-refractivity contribution >= 4 is 17.7 Å². The zero-order valence-corrected chi connectivity index (χ0v) is 14.7. The van der Waals surface area contributed by atoms with Gasteiger partial charge in [-0.3, -0.25) is 9.78 Å². The molecule has 0 radical (unpaired) electrons. The molecule has 0 atom stereocenters. The minimum atomic E-state index is 0.0229. The fourth-order valence-corrected chi connectivity index (χ4v) is 3.15. The van der Waals surface area contributed by atoms with Crippen molar-refractivity contribution in [1.82, 2.24) is 25.1 Å². The van der Waals surface area contributed by atoms with E-state index < -0.39 is 0 Å².